The van der Waals surface area contributed by atoms with Crippen LogP contribution in [0, 0.1) is 0 Å². The number of aromatic hydroxyl groups is 1. The van der Waals surface area contributed by atoms with Gasteiger partial charge in [0.15, 0.2) is 0 Å². The van der Waals surface area contributed by atoms with Gasteiger partial charge in [-0.1, -0.05) is 24.3 Å². The number of hydrogen-bond donors (Lipinski definition) is 2. The summed E-state index contributed by atoms with van der Waals surface area (Å²) in [7, 11) is 0. The molecule has 0 saturated carbocycles. The van der Waals surface area contributed by atoms with E-state index in [0.29, 0.717) is 17.8 Å². The van der Waals surface area contributed by atoms with Gasteiger partial charge in [0.1, 0.15) is 5.75 Å². The van der Waals surface area contributed by atoms with Crippen LogP contribution >= 0.6 is 11.8 Å². The lowest BCUT2D eigenvalue weighted by molar-refractivity contribution is 0.470. The van der Waals surface area contributed by atoms with E-state index in [9.17, 15) is 5.11 Å². The van der Waals surface area contributed by atoms with Crippen LogP contribution in [0.15, 0.2) is 53.4 Å². The minimum absolute atomic E-state index is 0.321. The lowest BCUT2D eigenvalue weighted by Gasteiger charge is -2.20. The van der Waals surface area contributed by atoms with Crippen molar-refractivity contribution in [3.05, 3.63) is 59.7 Å². The fraction of sp³-hybridized carbons (Fsp3) is 0.333. The van der Waals surface area contributed by atoms with Crippen molar-refractivity contribution in [2.24, 2.45) is 0 Å². The average molecular weight is 301 g/mol. The number of phenolic OH excluding ortho intramolecular Hbond substituents is 1. The van der Waals surface area contributed by atoms with Gasteiger partial charge in [0.2, 0.25) is 0 Å². The molecule has 0 bridgehead atoms. The van der Waals surface area contributed by atoms with Gasteiger partial charge in [-0.3, -0.25) is 0 Å². The Morgan fingerprint density at radius 2 is 1.62 bits per heavy atom. The van der Waals surface area contributed by atoms with Crippen LogP contribution < -0.4 is 5.32 Å². The first-order valence-corrected chi connectivity index (χ1v) is 8.49. The number of hydrogen-bond acceptors (Lipinski definition) is 3. The van der Waals surface area contributed by atoms with Gasteiger partial charge in [0, 0.05) is 17.0 Å². The normalized spacial score (nSPS) is 13.9. The number of thioether (sulfide) groups is 1. The van der Waals surface area contributed by atoms with Crippen LogP contribution in [0.2, 0.25) is 0 Å². The third-order valence-corrected chi connectivity index (χ3v) is 4.37. The quantitative estimate of drug-likeness (QED) is 0.776. The lowest BCUT2D eigenvalue weighted by atomic mass is 10.0. The highest BCUT2D eigenvalue weighted by molar-refractivity contribution is 7.98. The molecule has 2 rings (SSSR count). The van der Waals surface area contributed by atoms with E-state index in [4.69, 9.17) is 0 Å². The topological polar surface area (TPSA) is 32.3 Å². The smallest absolute Gasteiger partial charge is 0.115 e. The molecular weight excluding hydrogens is 278 g/mol. The van der Waals surface area contributed by atoms with Gasteiger partial charge in [-0.2, -0.15) is 0 Å². The second-order valence-corrected chi connectivity index (χ2v) is 6.31. The van der Waals surface area contributed by atoms with Gasteiger partial charge >= 0.3 is 0 Å². The number of rotatable bonds is 6. The van der Waals surface area contributed by atoms with E-state index < -0.39 is 0 Å². The van der Waals surface area contributed by atoms with Crippen molar-refractivity contribution in [1.82, 2.24) is 5.32 Å². The predicted octanol–water partition coefficient (Wildman–Crippen LogP) is 4.40. The van der Waals surface area contributed by atoms with Crippen molar-refractivity contribution in [2.75, 3.05) is 6.26 Å². The van der Waals surface area contributed by atoms with Crippen molar-refractivity contribution in [3.8, 4) is 5.75 Å². The maximum Gasteiger partial charge on any atom is 0.115 e. The molecule has 112 valence electrons. The molecule has 0 aliphatic carbocycles. The Balaban J connectivity index is 1.91. The van der Waals surface area contributed by atoms with Crippen LogP contribution in [0.3, 0.4) is 0 Å². The molecule has 0 heterocycles. The zero-order valence-corrected chi connectivity index (χ0v) is 13.7. The molecular formula is C18H23NOS. The van der Waals surface area contributed by atoms with Crippen LogP contribution in [-0.2, 0) is 6.42 Å². The third kappa shape index (κ3) is 4.80. The van der Waals surface area contributed by atoms with E-state index >= 15 is 0 Å². The first kappa shape index (κ1) is 15.9. The Kier molecular flexibility index (Phi) is 5.71. The monoisotopic (exact) mass is 301 g/mol. The molecule has 0 aliphatic rings. The summed E-state index contributed by atoms with van der Waals surface area (Å²) in [6.07, 6.45) is 3.05. The minimum atomic E-state index is 0.321. The van der Waals surface area contributed by atoms with Crippen LogP contribution in [0.25, 0.3) is 0 Å². The number of nitrogens with one attached hydrogen (secondary N) is 1. The van der Waals surface area contributed by atoms with Gasteiger partial charge in [0.25, 0.3) is 0 Å². The first-order chi connectivity index (χ1) is 10.1. The van der Waals surface area contributed by atoms with E-state index in [0.717, 1.165) is 6.42 Å². The van der Waals surface area contributed by atoms with E-state index in [2.05, 4.69) is 49.7 Å². The lowest BCUT2D eigenvalue weighted by Crippen LogP contribution is -2.30. The Hall–Kier alpha value is -1.45. The Morgan fingerprint density at radius 3 is 2.19 bits per heavy atom. The third-order valence-electron chi connectivity index (χ3n) is 3.63. The highest BCUT2D eigenvalue weighted by Crippen LogP contribution is 2.20. The second-order valence-electron chi connectivity index (χ2n) is 5.43. The maximum atomic E-state index is 9.31. The summed E-state index contributed by atoms with van der Waals surface area (Å²) < 4.78 is 0. The zero-order chi connectivity index (χ0) is 15.2. The van der Waals surface area contributed by atoms with Crippen molar-refractivity contribution in [1.29, 1.82) is 0 Å². The van der Waals surface area contributed by atoms with Crippen LogP contribution in [0.5, 0.6) is 5.75 Å². The standard InChI is InChI=1S/C18H23NOS/c1-13(12-15-4-8-17(20)9-5-15)19-14(2)16-6-10-18(21-3)11-7-16/h4-11,13-14,19-20H,12H2,1-3H3. The molecule has 2 N–H and O–H groups in total. The van der Waals surface area contributed by atoms with Crippen molar-refractivity contribution < 1.29 is 5.11 Å². The van der Waals surface area contributed by atoms with E-state index in [1.54, 1.807) is 23.9 Å². The summed E-state index contributed by atoms with van der Waals surface area (Å²) in [6.45, 7) is 4.39. The first-order valence-electron chi connectivity index (χ1n) is 7.26. The van der Waals surface area contributed by atoms with Crippen molar-refractivity contribution in [2.45, 2.75) is 37.2 Å². The Labute approximate surface area is 131 Å². The molecule has 2 aromatic rings. The van der Waals surface area contributed by atoms with Gasteiger partial charge in [-0.25, -0.2) is 0 Å². The van der Waals surface area contributed by atoms with Crippen LogP contribution in [0.4, 0.5) is 0 Å². The zero-order valence-electron chi connectivity index (χ0n) is 12.8. The summed E-state index contributed by atoms with van der Waals surface area (Å²) in [5.74, 6) is 0.321. The number of benzene rings is 2. The molecule has 0 amide bonds. The molecule has 3 heteroatoms. The highest BCUT2D eigenvalue weighted by atomic mass is 32.2. The second kappa shape index (κ2) is 7.53. The molecule has 0 aliphatic heterocycles. The van der Waals surface area contributed by atoms with Crippen molar-refractivity contribution in [3.63, 3.8) is 0 Å². The van der Waals surface area contributed by atoms with E-state index in [-0.39, 0.29) is 0 Å². The molecule has 2 nitrogen and oxygen atoms in total. The van der Waals surface area contributed by atoms with Gasteiger partial charge < -0.3 is 10.4 Å². The molecule has 0 fully saturated rings. The molecule has 0 aromatic heterocycles. The van der Waals surface area contributed by atoms with Gasteiger partial charge in [0.05, 0.1) is 0 Å². The molecule has 2 atom stereocenters. The molecule has 2 aromatic carbocycles. The summed E-state index contributed by atoms with van der Waals surface area (Å²) in [5.41, 5.74) is 2.54. The maximum absolute atomic E-state index is 9.31. The van der Waals surface area contributed by atoms with E-state index in [1.807, 2.05) is 12.1 Å². The van der Waals surface area contributed by atoms with Gasteiger partial charge in [-0.05, 0) is 61.9 Å². The molecule has 2 unspecified atom stereocenters. The predicted molar refractivity (Wildman–Crippen MR) is 91.0 cm³/mol. The minimum Gasteiger partial charge on any atom is -0.508 e. The fourth-order valence-corrected chi connectivity index (χ4v) is 2.87. The summed E-state index contributed by atoms with van der Waals surface area (Å²) in [6, 6.07) is 16.9. The fourth-order valence-electron chi connectivity index (χ4n) is 2.46. The summed E-state index contributed by atoms with van der Waals surface area (Å²) in [5, 5.41) is 12.9. The van der Waals surface area contributed by atoms with Crippen LogP contribution in [0.1, 0.15) is 31.0 Å². The molecule has 0 saturated heterocycles. The Bertz CT molecular complexity index is 550. The molecule has 0 radical (unpaired) electrons. The van der Waals surface area contributed by atoms with Gasteiger partial charge in [-0.15, -0.1) is 11.8 Å². The summed E-state index contributed by atoms with van der Waals surface area (Å²) >= 11 is 1.77. The largest absolute Gasteiger partial charge is 0.508 e. The SMILES string of the molecule is CSc1ccc(C(C)NC(C)Cc2ccc(O)cc2)cc1. The van der Waals surface area contributed by atoms with Crippen molar-refractivity contribution >= 4 is 11.8 Å². The number of phenols is 1. The van der Waals surface area contributed by atoms with E-state index in [1.165, 1.54) is 16.0 Å². The molecule has 21 heavy (non-hydrogen) atoms. The Morgan fingerprint density at radius 1 is 1.00 bits per heavy atom. The van der Waals surface area contributed by atoms with Crippen LogP contribution in [-0.4, -0.2) is 17.4 Å². The molecule has 0 spiro atoms. The summed E-state index contributed by atoms with van der Waals surface area (Å²) in [4.78, 5) is 1.29. The highest BCUT2D eigenvalue weighted by Gasteiger charge is 2.10. The average Bonchev–Trinajstić information content (AvgIpc) is 2.49.